The maximum absolute atomic E-state index is 11.0. The van der Waals surface area contributed by atoms with Crippen molar-refractivity contribution in [2.24, 2.45) is 0 Å². The Morgan fingerprint density at radius 2 is 2.00 bits per heavy atom. The lowest BCUT2D eigenvalue weighted by molar-refractivity contribution is 0.0702. The van der Waals surface area contributed by atoms with Crippen molar-refractivity contribution in [1.82, 2.24) is 0 Å². The quantitative estimate of drug-likeness (QED) is 0.917. The monoisotopic (exact) mass is 274 g/mol. The molecular weight excluding hydrogens is 260 g/mol. The molecule has 1 fully saturated rings. The fourth-order valence-corrected chi connectivity index (χ4v) is 2.95. The molecule has 1 aliphatic rings. The summed E-state index contributed by atoms with van der Waals surface area (Å²) in [5, 5.41) is 9.01. The molecule has 0 amide bonds. The third kappa shape index (κ3) is 2.63. The number of carboxylic acid groups (broad SMARTS) is 1. The highest BCUT2D eigenvalue weighted by Crippen LogP contribution is 2.34. The highest BCUT2D eigenvalue weighted by atomic mass is 32.1. The van der Waals surface area contributed by atoms with E-state index in [1.54, 1.807) is 6.07 Å². The number of aromatic carboxylic acids is 1. The molecule has 98 valence electrons. The molecule has 3 nitrogen and oxygen atoms in total. The van der Waals surface area contributed by atoms with Crippen molar-refractivity contribution in [3.05, 3.63) is 40.8 Å². The molecular formula is C15H14O3S. The highest BCUT2D eigenvalue weighted by molar-refractivity contribution is 7.17. The number of carbonyl (C=O) groups is 1. The summed E-state index contributed by atoms with van der Waals surface area (Å²) in [6.07, 6.45) is 2.69. The summed E-state index contributed by atoms with van der Waals surface area (Å²) in [4.78, 5) is 12.4. The Kier molecular flexibility index (Phi) is 3.03. The second-order valence-corrected chi connectivity index (χ2v) is 5.82. The number of benzene rings is 1. The zero-order valence-corrected chi connectivity index (χ0v) is 11.4. The van der Waals surface area contributed by atoms with Crippen LogP contribution in [0.25, 0.3) is 10.4 Å². The summed E-state index contributed by atoms with van der Waals surface area (Å²) in [5.74, 6) is 0.0203. The summed E-state index contributed by atoms with van der Waals surface area (Å²) >= 11 is 1.31. The van der Waals surface area contributed by atoms with Gasteiger partial charge >= 0.3 is 5.97 Å². The average molecular weight is 274 g/mol. The molecule has 3 rings (SSSR count). The zero-order valence-electron chi connectivity index (χ0n) is 10.6. The first-order valence-electron chi connectivity index (χ1n) is 6.24. The number of carboxylic acids is 1. The Morgan fingerprint density at radius 3 is 2.53 bits per heavy atom. The number of hydrogen-bond acceptors (Lipinski definition) is 3. The first-order valence-corrected chi connectivity index (χ1v) is 7.06. The Labute approximate surface area is 115 Å². The number of ether oxygens (including phenoxy) is 1. The molecule has 1 heterocycles. The number of thiophene rings is 1. The lowest BCUT2D eigenvalue weighted by Gasteiger charge is -2.05. The van der Waals surface area contributed by atoms with Crippen LogP contribution in [0.3, 0.4) is 0 Å². The van der Waals surface area contributed by atoms with Crippen molar-refractivity contribution in [2.75, 3.05) is 0 Å². The molecule has 1 aromatic heterocycles. The van der Waals surface area contributed by atoms with E-state index in [0.29, 0.717) is 11.0 Å². The molecule has 0 unspecified atom stereocenters. The normalized spacial score (nSPS) is 14.4. The molecule has 2 aromatic rings. The Hall–Kier alpha value is -1.81. The van der Waals surface area contributed by atoms with Gasteiger partial charge in [-0.25, -0.2) is 4.79 Å². The molecule has 1 N–H and O–H groups in total. The maximum atomic E-state index is 11.0. The summed E-state index contributed by atoms with van der Waals surface area (Å²) in [6, 6.07) is 9.60. The average Bonchev–Trinajstić information content (AvgIpc) is 3.11. The van der Waals surface area contributed by atoms with Crippen LogP contribution in [0.15, 0.2) is 30.3 Å². The SMILES string of the molecule is Cc1cc(C(=O)O)sc1-c1ccc(OC2CC2)cc1. The smallest absolute Gasteiger partial charge is 0.345 e. The van der Waals surface area contributed by atoms with Crippen molar-refractivity contribution in [3.63, 3.8) is 0 Å². The van der Waals surface area contributed by atoms with Gasteiger partial charge in [-0.15, -0.1) is 11.3 Å². The standard InChI is InChI=1S/C15H14O3S/c1-9-8-13(15(16)17)19-14(9)10-2-4-11(5-3-10)18-12-6-7-12/h2-5,8,12H,6-7H2,1H3,(H,16,17). The number of aryl methyl sites for hydroxylation is 1. The van der Waals surface area contributed by atoms with Gasteiger partial charge < -0.3 is 9.84 Å². The fourth-order valence-electron chi connectivity index (χ4n) is 1.94. The third-order valence-corrected chi connectivity index (χ3v) is 4.35. The van der Waals surface area contributed by atoms with Gasteiger partial charge in [-0.05, 0) is 61.2 Å². The van der Waals surface area contributed by atoms with Crippen LogP contribution in [0.5, 0.6) is 5.75 Å². The van der Waals surface area contributed by atoms with Gasteiger partial charge in [0.05, 0.1) is 6.10 Å². The van der Waals surface area contributed by atoms with Crippen molar-refractivity contribution in [1.29, 1.82) is 0 Å². The predicted molar refractivity (Wildman–Crippen MR) is 75.1 cm³/mol. The van der Waals surface area contributed by atoms with Crippen LogP contribution in [0.2, 0.25) is 0 Å². The molecule has 1 aliphatic carbocycles. The van der Waals surface area contributed by atoms with Crippen LogP contribution in [-0.4, -0.2) is 17.2 Å². The molecule has 0 saturated heterocycles. The van der Waals surface area contributed by atoms with Crippen molar-refractivity contribution >= 4 is 17.3 Å². The third-order valence-electron chi connectivity index (χ3n) is 3.07. The molecule has 19 heavy (non-hydrogen) atoms. The minimum absolute atomic E-state index is 0.380. The lowest BCUT2D eigenvalue weighted by atomic mass is 10.1. The zero-order chi connectivity index (χ0) is 13.4. The lowest BCUT2D eigenvalue weighted by Crippen LogP contribution is -1.94. The summed E-state index contributed by atoms with van der Waals surface area (Å²) in [5.41, 5.74) is 2.04. The second kappa shape index (κ2) is 4.70. The van der Waals surface area contributed by atoms with Crippen LogP contribution in [0.4, 0.5) is 0 Å². The van der Waals surface area contributed by atoms with E-state index < -0.39 is 5.97 Å². The molecule has 0 radical (unpaired) electrons. The van der Waals surface area contributed by atoms with Gasteiger partial charge in [0, 0.05) is 4.88 Å². The minimum Gasteiger partial charge on any atom is -0.490 e. The first-order chi connectivity index (χ1) is 9.13. The Morgan fingerprint density at radius 1 is 1.32 bits per heavy atom. The van der Waals surface area contributed by atoms with Gasteiger partial charge in [0.2, 0.25) is 0 Å². The Bertz CT molecular complexity index is 609. The van der Waals surface area contributed by atoms with E-state index in [-0.39, 0.29) is 0 Å². The van der Waals surface area contributed by atoms with Crippen LogP contribution >= 0.6 is 11.3 Å². The summed E-state index contributed by atoms with van der Waals surface area (Å²) in [7, 11) is 0. The molecule has 4 heteroatoms. The predicted octanol–water partition coefficient (Wildman–Crippen LogP) is 3.96. The number of hydrogen-bond donors (Lipinski definition) is 1. The molecule has 0 atom stereocenters. The number of rotatable bonds is 4. The maximum Gasteiger partial charge on any atom is 0.345 e. The van der Waals surface area contributed by atoms with E-state index in [2.05, 4.69) is 0 Å². The van der Waals surface area contributed by atoms with Crippen molar-refractivity contribution < 1.29 is 14.6 Å². The van der Waals surface area contributed by atoms with E-state index in [4.69, 9.17) is 9.84 Å². The Balaban J connectivity index is 1.86. The molecule has 1 saturated carbocycles. The van der Waals surface area contributed by atoms with Gasteiger partial charge in [0.15, 0.2) is 0 Å². The second-order valence-electron chi connectivity index (χ2n) is 4.77. The van der Waals surface area contributed by atoms with Crippen molar-refractivity contribution in [3.8, 4) is 16.2 Å². The summed E-state index contributed by atoms with van der Waals surface area (Å²) in [6.45, 7) is 1.94. The molecule has 0 bridgehead atoms. The topological polar surface area (TPSA) is 46.5 Å². The van der Waals surface area contributed by atoms with Gasteiger partial charge in [0.1, 0.15) is 10.6 Å². The van der Waals surface area contributed by atoms with Crippen LogP contribution < -0.4 is 4.74 Å². The first kappa shape index (κ1) is 12.2. The summed E-state index contributed by atoms with van der Waals surface area (Å²) < 4.78 is 5.70. The van der Waals surface area contributed by atoms with E-state index in [1.807, 2.05) is 31.2 Å². The van der Waals surface area contributed by atoms with E-state index in [0.717, 1.165) is 34.6 Å². The molecule has 0 aliphatic heterocycles. The fraction of sp³-hybridized carbons (Fsp3) is 0.267. The van der Waals surface area contributed by atoms with Crippen molar-refractivity contribution in [2.45, 2.75) is 25.9 Å². The van der Waals surface area contributed by atoms with Gasteiger partial charge in [-0.2, -0.15) is 0 Å². The largest absolute Gasteiger partial charge is 0.490 e. The minimum atomic E-state index is -0.868. The van der Waals surface area contributed by atoms with Crippen LogP contribution in [0, 0.1) is 6.92 Å². The van der Waals surface area contributed by atoms with E-state index in [9.17, 15) is 4.79 Å². The van der Waals surface area contributed by atoms with Gasteiger partial charge in [-0.1, -0.05) is 0 Å². The van der Waals surface area contributed by atoms with Crippen LogP contribution in [0.1, 0.15) is 28.1 Å². The van der Waals surface area contributed by atoms with Gasteiger partial charge in [0.25, 0.3) is 0 Å². The highest BCUT2D eigenvalue weighted by Gasteiger charge is 2.23. The van der Waals surface area contributed by atoms with Gasteiger partial charge in [-0.3, -0.25) is 0 Å². The molecule has 1 aromatic carbocycles. The molecule has 0 spiro atoms. The van der Waals surface area contributed by atoms with E-state index in [1.165, 1.54) is 11.3 Å². The van der Waals surface area contributed by atoms with E-state index >= 15 is 0 Å². The van der Waals surface area contributed by atoms with Crippen LogP contribution in [-0.2, 0) is 0 Å².